The van der Waals surface area contributed by atoms with Crippen molar-refractivity contribution in [2.45, 2.75) is 25.3 Å². The number of amides is 1. The lowest BCUT2D eigenvalue weighted by molar-refractivity contribution is 0.0603. The zero-order valence-corrected chi connectivity index (χ0v) is 6.32. The predicted molar refractivity (Wildman–Crippen MR) is 40.0 cm³/mol. The molecule has 11 heavy (non-hydrogen) atoms. The summed E-state index contributed by atoms with van der Waals surface area (Å²) in [6, 6.07) is 0.404. The van der Waals surface area contributed by atoms with Crippen LogP contribution in [0.25, 0.3) is 0 Å². The highest BCUT2D eigenvalue weighted by molar-refractivity contribution is 5.70. The number of carbonyl (C=O) groups is 1. The first-order valence-corrected chi connectivity index (χ1v) is 4.00. The summed E-state index contributed by atoms with van der Waals surface area (Å²) in [5.41, 5.74) is 0. The topological polar surface area (TPSA) is 29.5 Å². The molecule has 1 atom stereocenters. The van der Waals surface area contributed by atoms with Crippen molar-refractivity contribution in [3.05, 3.63) is 12.3 Å². The van der Waals surface area contributed by atoms with E-state index in [2.05, 4.69) is 0 Å². The molecule has 0 bridgehead atoms. The molecule has 2 heterocycles. The SMILES string of the molecule is O=C1OCCC2CCC=CN12. The lowest BCUT2D eigenvalue weighted by Gasteiger charge is -2.34. The van der Waals surface area contributed by atoms with Crippen molar-refractivity contribution >= 4 is 6.09 Å². The highest BCUT2D eigenvalue weighted by atomic mass is 16.6. The zero-order valence-electron chi connectivity index (χ0n) is 6.32. The Bertz CT molecular complexity index is 200. The first kappa shape index (κ1) is 6.70. The third-order valence-corrected chi connectivity index (χ3v) is 2.21. The van der Waals surface area contributed by atoms with E-state index < -0.39 is 0 Å². The molecule has 0 aromatic carbocycles. The van der Waals surface area contributed by atoms with Gasteiger partial charge in [0, 0.05) is 18.7 Å². The Labute approximate surface area is 65.6 Å². The van der Waals surface area contributed by atoms with Crippen molar-refractivity contribution in [1.29, 1.82) is 0 Å². The van der Waals surface area contributed by atoms with Crippen LogP contribution in [0.1, 0.15) is 19.3 Å². The second kappa shape index (κ2) is 2.57. The van der Waals surface area contributed by atoms with Crippen LogP contribution in [0.5, 0.6) is 0 Å². The van der Waals surface area contributed by atoms with E-state index in [0.29, 0.717) is 12.6 Å². The van der Waals surface area contributed by atoms with Gasteiger partial charge in [-0.3, -0.25) is 4.90 Å². The van der Waals surface area contributed by atoms with E-state index in [1.165, 1.54) is 0 Å². The van der Waals surface area contributed by atoms with Crippen molar-refractivity contribution in [3.63, 3.8) is 0 Å². The number of ether oxygens (including phenoxy) is 1. The van der Waals surface area contributed by atoms with Gasteiger partial charge in [0.25, 0.3) is 0 Å². The average molecular weight is 153 g/mol. The molecule has 2 rings (SSSR count). The van der Waals surface area contributed by atoms with Gasteiger partial charge in [-0.15, -0.1) is 0 Å². The third-order valence-electron chi connectivity index (χ3n) is 2.21. The fraction of sp³-hybridized carbons (Fsp3) is 0.625. The highest BCUT2D eigenvalue weighted by Gasteiger charge is 2.28. The monoisotopic (exact) mass is 153 g/mol. The summed E-state index contributed by atoms with van der Waals surface area (Å²) in [4.78, 5) is 12.8. The molecule has 1 fully saturated rings. The van der Waals surface area contributed by atoms with Crippen molar-refractivity contribution in [2.75, 3.05) is 6.61 Å². The van der Waals surface area contributed by atoms with Gasteiger partial charge in [0.15, 0.2) is 0 Å². The van der Waals surface area contributed by atoms with Crippen LogP contribution in [-0.4, -0.2) is 23.6 Å². The fourth-order valence-electron chi connectivity index (χ4n) is 1.59. The van der Waals surface area contributed by atoms with Crippen molar-refractivity contribution in [1.82, 2.24) is 4.90 Å². The summed E-state index contributed by atoms with van der Waals surface area (Å²) >= 11 is 0. The molecular weight excluding hydrogens is 142 g/mol. The van der Waals surface area contributed by atoms with E-state index in [9.17, 15) is 4.79 Å². The van der Waals surface area contributed by atoms with Gasteiger partial charge in [0.2, 0.25) is 0 Å². The van der Waals surface area contributed by atoms with Gasteiger partial charge in [-0.05, 0) is 12.8 Å². The maximum Gasteiger partial charge on any atom is 0.414 e. The van der Waals surface area contributed by atoms with Gasteiger partial charge < -0.3 is 4.74 Å². The number of hydrogen-bond donors (Lipinski definition) is 0. The number of carbonyl (C=O) groups excluding carboxylic acids is 1. The molecule has 0 aliphatic carbocycles. The van der Waals surface area contributed by atoms with Crippen LogP contribution in [0.15, 0.2) is 12.3 Å². The molecule has 1 unspecified atom stereocenters. The molecule has 2 aliphatic rings. The van der Waals surface area contributed by atoms with Gasteiger partial charge in [0.1, 0.15) is 0 Å². The molecule has 0 aromatic rings. The molecule has 3 heteroatoms. The average Bonchev–Trinajstić information content (AvgIpc) is 2.06. The second-order valence-electron chi connectivity index (χ2n) is 2.93. The summed E-state index contributed by atoms with van der Waals surface area (Å²) < 4.78 is 4.88. The molecule has 1 saturated heterocycles. The maximum atomic E-state index is 11.1. The fourth-order valence-corrected chi connectivity index (χ4v) is 1.59. The zero-order chi connectivity index (χ0) is 7.68. The molecule has 1 amide bonds. The van der Waals surface area contributed by atoms with E-state index in [0.717, 1.165) is 19.3 Å². The Morgan fingerprint density at radius 1 is 1.55 bits per heavy atom. The van der Waals surface area contributed by atoms with Crippen LogP contribution in [-0.2, 0) is 4.74 Å². The molecule has 2 aliphatic heterocycles. The molecule has 0 radical (unpaired) electrons. The first-order valence-electron chi connectivity index (χ1n) is 4.00. The van der Waals surface area contributed by atoms with E-state index >= 15 is 0 Å². The van der Waals surface area contributed by atoms with Crippen molar-refractivity contribution in [2.24, 2.45) is 0 Å². The van der Waals surface area contributed by atoms with Gasteiger partial charge in [0.05, 0.1) is 6.61 Å². The van der Waals surface area contributed by atoms with Crippen LogP contribution in [0, 0.1) is 0 Å². The molecule has 0 saturated carbocycles. The number of nitrogens with zero attached hydrogens (tertiary/aromatic N) is 1. The first-order chi connectivity index (χ1) is 5.38. The summed E-state index contributed by atoms with van der Waals surface area (Å²) in [6.45, 7) is 0.591. The predicted octanol–water partition coefficient (Wildman–Crippen LogP) is 1.50. The summed E-state index contributed by atoms with van der Waals surface area (Å²) in [6.07, 6.45) is 6.84. The maximum absolute atomic E-state index is 11.1. The molecule has 0 aromatic heterocycles. The van der Waals surface area contributed by atoms with E-state index in [1.54, 1.807) is 4.90 Å². The van der Waals surface area contributed by atoms with Gasteiger partial charge >= 0.3 is 6.09 Å². The standard InChI is InChI=1S/C8H11NO2/c10-8-9-5-2-1-3-7(9)4-6-11-8/h2,5,7H,1,3-4,6H2. The number of fused-ring (bicyclic) bond motifs is 1. The minimum Gasteiger partial charge on any atom is -0.449 e. The quantitative estimate of drug-likeness (QED) is 0.528. The largest absolute Gasteiger partial charge is 0.449 e. The van der Waals surface area contributed by atoms with Gasteiger partial charge in [-0.1, -0.05) is 6.08 Å². The normalized spacial score (nSPS) is 29.6. The Hall–Kier alpha value is -0.990. The second-order valence-corrected chi connectivity index (χ2v) is 2.93. The molecule has 0 spiro atoms. The Kier molecular flexibility index (Phi) is 1.56. The van der Waals surface area contributed by atoms with Crippen molar-refractivity contribution in [3.8, 4) is 0 Å². The van der Waals surface area contributed by atoms with E-state index in [-0.39, 0.29) is 6.09 Å². The van der Waals surface area contributed by atoms with Gasteiger partial charge in [-0.25, -0.2) is 4.79 Å². The number of allylic oxidation sites excluding steroid dienone is 1. The minimum atomic E-state index is -0.183. The third kappa shape index (κ3) is 1.11. The Balaban J connectivity index is 2.16. The van der Waals surface area contributed by atoms with Crippen LogP contribution in [0.2, 0.25) is 0 Å². The Morgan fingerprint density at radius 2 is 2.45 bits per heavy atom. The molecular formula is C8H11NO2. The van der Waals surface area contributed by atoms with E-state index in [1.807, 2.05) is 12.3 Å². The van der Waals surface area contributed by atoms with Crippen LogP contribution in [0.4, 0.5) is 4.79 Å². The highest BCUT2D eigenvalue weighted by Crippen LogP contribution is 2.22. The number of cyclic esters (lactones) is 1. The van der Waals surface area contributed by atoms with Crippen LogP contribution < -0.4 is 0 Å². The Morgan fingerprint density at radius 3 is 3.27 bits per heavy atom. The minimum absolute atomic E-state index is 0.183. The molecule has 0 N–H and O–H groups in total. The number of hydrogen-bond acceptors (Lipinski definition) is 2. The summed E-state index contributed by atoms with van der Waals surface area (Å²) in [7, 11) is 0. The smallest absolute Gasteiger partial charge is 0.414 e. The lowest BCUT2D eigenvalue weighted by atomic mass is 10.0. The van der Waals surface area contributed by atoms with Crippen LogP contribution >= 0.6 is 0 Å². The number of rotatable bonds is 0. The summed E-state index contributed by atoms with van der Waals surface area (Å²) in [5, 5.41) is 0. The van der Waals surface area contributed by atoms with Crippen molar-refractivity contribution < 1.29 is 9.53 Å². The lowest BCUT2D eigenvalue weighted by Crippen LogP contribution is -2.43. The van der Waals surface area contributed by atoms with Crippen LogP contribution in [0.3, 0.4) is 0 Å². The van der Waals surface area contributed by atoms with Gasteiger partial charge in [-0.2, -0.15) is 0 Å². The van der Waals surface area contributed by atoms with E-state index in [4.69, 9.17) is 4.74 Å². The summed E-state index contributed by atoms with van der Waals surface area (Å²) in [5.74, 6) is 0. The molecule has 3 nitrogen and oxygen atoms in total. The molecule has 60 valence electrons.